The van der Waals surface area contributed by atoms with Crippen molar-refractivity contribution in [3.05, 3.63) is 30.1 Å². The number of nitrogens with one attached hydrogen (secondary N) is 3. The quantitative estimate of drug-likeness (QED) is 0.630. The van der Waals surface area contributed by atoms with Gasteiger partial charge >= 0.3 is 0 Å². The monoisotopic (exact) mass is 324 g/mol. The highest BCUT2D eigenvalue weighted by molar-refractivity contribution is 7.89. The van der Waals surface area contributed by atoms with Crippen molar-refractivity contribution in [3.8, 4) is 0 Å². The predicted molar refractivity (Wildman–Crippen MR) is 85.1 cm³/mol. The second-order valence-corrected chi connectivity index (χ2v) is 6.88. The van der Waals surface area contributed by atoms with E-state index in [1.165, 1.54) is 0 Å². The largest absolute Gasteiger partial charge is 0.351 e. The smallest absolute Gasteiger partial charge is 0.251 e. The minimum atomic E-state index is -3.24. The van der Waals surface area contributed by atoms with Crippen molar-refractivity contribution in [3.63, 3.8) is 0 Å². The molecule has 7 nitrogen and oxygen atoms in total. The van der Waals surface area contributed by atoms with Crippen molar-refractivity contribution < 1.29 is 13.2 Å². The van der Waals surface area contributed by atoms with Gasteiger partial charge in [0.1, 0.15) is 0 Å². The van der Waals surface area contributed by atoms with E-state index in [4.69, 9.17) is 0 Å². The standard InChI is InChI=1S/C14H20N4O3S/c1-2-3-8-22(20,21)18-7-6-15-14(19)11-4-5-12-13(9-11)17-10-16-12/h4-5,9-10,18H,2-3,6-8H2,1H3,(H,15,19)(H,16,17). The second-order valence-electron chi connectivity index (χ2n) is 4.96. The number of carbonyl (C=O) groups is 1. The lowest BCUT2D eigenvalue weighted by Crippen LogP contribution is -2.35. The molecule has 2 rings (SSSR count). The minimum absolute atomic E-state index is 0.119. The van der Waals surface area contributed by atoms with Gasteiger partial charge in [0.2, 0.25) is 10.0 Å². The van der Waals surface area contributed by atoms with Gasteiger partial charge in [-0.1, -0.05) is 13.3 Å². The summed E-state index contributed by atoms with van der Waals surface area (Å²) in [5, 5.41) is 2.68. The maximum atomic E-state index is 12.0. The average molecular weight is 324 g/mol. The molecule has 1 aromatic heterocycles. The van der Waals surface area contributed by atoms with Gasteiger partial charge in [-0.2, -0.15) is 0 Å². The third kappa shape index (κ3) is 4.54. The Morgan fingerprint density at radius 2 is 2.14 bits per heavy atom. The molecule has 0 atom stereocenters. The number of carbonyl (C=O) groups excluding carboxylic acids is 1. The Hall–Kier alpha value is -1.93. The van der Waals surface area contributed by atoms with Gasteiger partial charge in [-0.25, -0.2) is 18.1 Å². The average Bonchev–Trinajstić information content (AvgIpc) is 2.97. The van der Waals surface area contributed by atoms with Crippen LogP contribution in [0.2, 0.25) is 0 Å². The Kier molecular flexibility index (Phi) is 5.51. The van der Waals surface area contributed by atoms with Gasteiger partial charge in [-0.15, -0.1) is 0 Å². The molecule has 1 aromatic carbocycles. The number of sulfonamides is 1. The molecule has 0 aliphatic rings. The fourth-order valence-corrected chi connectivity index (χ4v) is 3.19. The number of hydrogen-bond donors (Lipinski definition) is 3. The third-order valence-corrected chi connectivity index (χ3v) is 4.65. The first-order chi connectivity index (χ1) is 10.5. The molecule has 1 amide bonds. The van der Waals surface area contributed by atoms with Crippen LogP contribution in [0.1, 0.15) is 30.1 Å². The third-order valence-electron chi connectivity index (χ3n) is 3.18. The van der Waals surface area contributed by atoms with Crippen LogP contribution in [0.3, 0.4) is 0 Å². The summed E-state index contributed by atoms with van der Waals surface area (Å²) < 4.78 is 25.6. The van der Waals surface area contributed by atoms with E-state index >= 15 is 0 Å². The number of H-pyrrole nitrogens is 1. The topological polar surface area (TPSA) is 104 Å². The molecule has 0 unspecified atom stereocenters. The lowest BCUT2D eigenvalue weighted by molar-refractivity contribution is 0.0954. The summed E-state index contributed by atoms with van der Waals surface area (Å²) in [6, 6.07) is 5.15. The van der Waals surface area contributed by atoms with Gasteiger partial charge in [0.05, 0.1) is 23.1 Å². The molecule has 0 spiro atoms. The maximum Gasteiger partial charge on any atom is 0.251 e. The summed E-state index contributed by atoms with van der Waals surface area (Å²) >= 11 is 0. The molecule has 2 aromatic rings. The number of aromatic nitrogens is 2. The van der Waals surface area contributed by atoms with Gasteiger partial charge in [0.15, 0.2) is 0 Å². The van der Waals surface area contributed by atoms with Crippen molar-refractivity contribution >= 4 is 27.0 Å². The fraction of sp³-hybridized carbons (Fsp3) is 0.429. The summed E-state index contributed by atoms with van der Waals surface area (Å²) in [7, 11) is -3.24. The molecule has 0 aliphatic heterocycles. The van der Waals surface area contributed by atoms with Crippen LogP contribution in [0, 0.1) is 0 Å². The summed E-state index contributed by atoms with van der Waals surface area (Å²) in [5.41, 5.74) is 2.08. The number of unbranched alkanes of at least 4 members (excludes halogenated alkanes) is 1. The van der Waals surface area contributed by atoms with Gasteiger partial charge in [-0.05, 0) is 24.6 Å². The van der Waals surface area contributed by atoms with E-state index in [0.717, 1.165) is 17.5 Å². The van der Waals surface area contributed by atoms with Crippen LogP contribution < -0.4 is 10.0 Å². The molecular weight excluding hydrogens is 304 g/mol. The lowest BCUT2D eigenvalue weighted by atomic mass is 10.2. The molecule has 0 saturated carbocycles. The molecule has 1 heterocycles. The number of rotatable bonds is 8. The number of nitrogens with zero attached hydrogens (tertiary/aromatic N) is 1. The van der Waals surface area contributed by atoms with E-state index in [1.54, 1.807) is 24.5 Å². The number of imidazole rings is 1. The van der Waals surface area contributed by atoms with Crippen LogP contribution >= 0.6 is 0 Å². The van der Waals surface area contributed by atoms with E-state index < -0.39 is 10.0 Å². The van der Waals surface area contributed by atoms with Crippen molar-refractivity contribution in [2.45, 2.75) is 19.8 Å². The van der Waals surface area contributed by atoms with Crippen molar-refractivity contribution in [1.82, 2.24) is 20.0 Å². The Morgan fingerprint density at radius 3 is 2.91 bits per heavy atom. The number of benzene rings is 1. The number of aromatic amines is 1. The first-order valence-electron chi connectivity index (χ1n) is 7.20. The zero-order chi connectivity index (χ0) is 16.0. The SMILES string of the molecule is CCCCS(=O)(=O)NCCNC(=O)c1ccc2nc[nH]c2c1. The molecule has 22 heavy (non-hydrogen) atoms. The van der Waals surface area contributed by atoms with Crippen molar-refractivity contribution in [2.24, 2.45) is 0 Å². The number of amides is 1. The normalized spacial score (nSPS) is 11.7. The zero-order valence-electron chi connectivity index (χ0n) is 12.4. The van der Waals surface area contributed by atoms with E-state index in [0.29, 0.717) is 12.0 Å². The van der Waals surface area contributed by atoms with Crippen LogP contribution in [0.25, 0.3) is 11.0 Å². The first kappa shape index (κ1) is 16.4. The highest BCUT2D eigenvalue weighted by Crippen LogP contribution is 2.11. The van der Waals surface area contributed by atoms with Crippen molar-refractivity contribution in [2.75, 3.05) is 18.8 Å². The molecule has 120 valence electrons. The Bertz CT molecular complexity index is 739. The van der Waals surface area contributed by atoms with Gasteiger partial charge in [-0.3, -0.25) is 4.79 Å². The fourth-order valence-electron chi connectivity index (χ4n) is 1.97. The van der Waals surface area contributed by atoms with E-state index in [-0.39, 0.29) is 24.7 Å². The Balaban J connectivity index is 1.80. The van der Waals surface area contributed by atoms with Gasteiger partial charge in [0, 0.05) is 18.7 Å². The Morgan fingerprint density at radius 1 is 1.32 bits per heavy atom. The van der Waals surface area contributed by atoms with Gasteiger partial charge in [0.25, 0.3) is 5.91 Å². The molecule has 0 radical (unpaired) electrons. The van der Waals surface area contributed by atoms with Crippen LogP contribution in [0.15, 0.2) is 24.5 Å². The molecule has 0 aliphatic carbocycles. The van der Waals surface area contributed by atoms with Crippen LogP contribution in [0.5, 0.6) is 0 Å². The van der Waals surface area contributed by atoms with E-state index in [2.05, 4.69) is 20.0 Å². The van der Waals surface area contributed by atoms with E-state index in [1.807, 2.05) is 6.92 Å². The summed E-state index contributed by atoms with van der Waals surface area (Å²) in [6.45, 7) is 2.36. The number of hydrogen-bond acceptors (Lipinski definition) is 4. The maximum absolute atomic E-state index is 12.0. The zero-order valence-corrected chi connectivity index (χ0v) is 13.2. The molecule has 0 fully saturated rings. The van der Waals surface area contributed by atoms with Crippen molar-refractivity contribution in [1.29, 1.82) is 0 Å². The van der Waals surface area contributed by atoms with Gasteiger partial charge < -0.3 is 10.3 Å². The predicted octanol–water partition coefficient (Wildman–Crippen LogP) is 1.01. The highest BCUT2D eigenvalue weighted by Gasteiger charge is 2.10. The minimum Gasteiger partial charge on any atom is -0.351 e. The van der Waals surface area contributed by atoms with Crippen LogP contribution in [-0.4, -0.2) is 43.1 Å². The molecule has 0 saturated heterocycles. The summed E-state index contributed by atoms with van der Waals surface area (Å²) in [5.74, 6) is -0.127. The highest BCUT2D eigenvalue weighted by atomic mass is 32.2. The Labute approximate surface area is 129 Å². The summed E-state index contributed by atoms with van der Waals surface area (Å²) in [4.78, 5) is 19.0. The van der Waals surface area contributed by atoms with Crippen LogP contribution in [0.4, 0.5) is 0 Å². The molecular formula is C14H20N4O3S. The van der Waals surface area contributed by atoms with E-state index in [9.17, 15) is 13.2 Å². The lowest BCUT2D eigenvalue weighted by Gasteiger charge is -2.07. The first-order valence-corrected chi connectivity index (χ1v) is 8.86. The number of fused-ring (bicyclic) bond motifs is 1. The van der Waals surface area contributed by atoms with Crippen LogP contribution in [-0.2, 0) is 10.0 Å². The summed E-state index contributed by atoms with van der Waals surface area (Å²) in [6.07, 6.45) is 3.02. The molecule has 8 heteroatoms. The molecule has 3 N–H and O–H groups in total. The second kappa shape index (κ2) is 7.37. The molecule has 0 bridgehead atoms.